The van der Waals surface area contributed by atoms with E-state index < -0.39 is 0 Å². The van der Waals surface area contributed by atoms with E-state index in [9.17, 15) is 4.79 Å². The van der Waals surface area contributed by atoms with E-state index in [2.05, 4.69) is 22.8 Å². The molecule has 0 spiro atoms. The first kappa shape index (κ1) is 14.9. The second-order valence-electron chi connectivity index (χ2n) is 4.71. The third-order valence-corrected chi connectivity index (χ3v) is 4.12. The summed E-state index contributed by atoms with van der Waals surface area (Å²) in [7, 11) is 0. The monoisotopic (exact) mass is 308 g/mol. The molecule has 1 aromatic heterocycles. The summed E-state index contributed by atoms with van der Waals surface area (Å²) < 4.78 is 0. The number of hydrogen-bond acceptors (Lipinski definition) is 3. The summed E-state index contributed by atoms with van der Waals surface area (Å²) in [6, 6.07) is 10.0. The lowest BCUT2D eigenvalue weighted by Gasteiger charge is -2.18. The summed E-state index contributed by atoms with van der Waals surface area (Å²) in [4.78, 5) is 13.0. The number of carbonyl (C=O) groups is 1. The fourth-order valence-corrected chi connectivity index (χ4v) is 3.03. The van der Waals surface area contributed by atoms with Gasteiger partial charge in [-0.05, 0) is 48.1 Å². The molecule has 0 saturated heterocycles. The normalized spacial score (nSPS) is 12.8. The van der Waals surface area contributed by atoms with Crippen LogP contribution in [0.4, 0.5) is 11.4 Å². The maximum atomic E-state index is 11.9. The Bertz CT molecular complexity index is 584. The average molecular weight is 309 g/mol. The number of rotatable bonds is 3. The fourth-order valence-electron chi connectivity index (χ4n) is 2.33. The van der Waals surface area contributed by atoms with Gasteiger partial charge in [-0.1, -0.05) is 6.07 Å². The van der Waals surface area contributed by atoms with E-state index >= 15 is 0 Å². The predicted octanol–water partition coefficient (Wildman–Crippen LogP) is 3.71. The van der Waals surface area contributed by atoms with E-state index in [1.165, 1.54) is 11.3 Å². The van der Waals surface area contributed by atoms with E-state index in [4.69, 9.17) is 0 Å². The number of amides is 1. The summed E-state index contributed by atoms with van der Waals surface area (Å²) in [5.41, 5.74) is 3.38. The largest absolute Gasteiger partial charge is 0.385 e. The quantitative estimate of drug-likeness (QED) is 0.907. The van der Waals surface area contributed by atoms with Crippen LogP contribution in [0.5, 0.6) is 0 Å². The molecule has 0 atom stereocenters. The Kier molecular flexibility index (Phi) is 5.04. The molecule has 2 N–H and O–H groups in total. The van der Waals surface area contributed by atoms with Crippen LogP contribution in [-0.4, -0.2) is 12.5 Å². The molecular formula is C15H17ClN2OS. The lowest BCUT2D eigenvalue weighted by atomic mass is 10.0. The topological polar surface area (TPSA) is 41.1 Å². The second kappa shape index (κ2) is 6.77. The molecule has 5 heteroatoms. The van der Waals surface area contributed by atoms with E-state index in [1.807, 2.05) is 23.6 Å². The molecule has 0 fully saturated rings. The van der Waals surface area contributed by atoms with E-state index in [0.717, 1.165) is 30.0 Å². The Hall–Kier alpha value is -1.52. The van der Waals surface area contributed by atoms with Crippen molar-refractivity contribution in [2.45, 2.75) is 19.3 Å². The molecule has 0 radical (unpaired) electrons. The number of benzene rings is 1. The van der Waals surface area contributed by atoms with Crippen molar-refractivity contribution in [1.29, 1.82) is 0 Å². The minimum Gasteiger partial charge on any atom is -0.385 e. The average Bonchev–Trinajstić information content (AvgIpc) is 2.91. The zero-order valence-corrected chi connectivity index (χ0v) is 12.7. The van der Waals surface area contributed by atoms with Crippen molar-refractivity contribution in [2.75, 3.05) is 17.2 Å². The van der Waals surface area contributed by atoms with Gasteiger partial charge in [0.05, 0.1) is 6.42 Å². The Morgan fingerprint density at radius 3 is 3.05 bits per heavy atom. The number of carbonyl (C=O) groups excluding carboxylic acids is 1. The van der Waals surface area contributed by atoms with Gasteiger partial charge in [-0.15, -0.1) is 23.7 Å². The van der Waals surface area contributed by atoms with Crippen LogP contribution in [0.1, 0.15) is 16.9 Å². The summed E-state index contributed by atoms with van der Waals surface area (Å²) >= 11 is 1.61. The van der Waals surface area contributed by atoms with Crippen molar-refractivity contribution in [2.24, 2.45) is 0 Å². The van der Waals surface area contributed by atoms with Crippen LogP contribution in [0.25, 0.3) is 0 Å². The van der Waals surface area contributed by atoms with Gasteiger partial charge in [0.15, 0.2) is 0 Å². The fraction of sp³-hybridized carbons (Fsp3) is 0.267. The molecular weight excluding hydrogens is 292 g/mol. The molecule has 20 heavy (non-hydrogen) atoms. The molecule has 0 aliphatic carbocycles. The van der Waals surface area contributed by atoms with Crippen LogP contribution in [0.3, 0.4) is 0 Å². The number of thiophene rings is 1. The van der Waals surface area contributed by atoms with E-state index in [1.54, 1.807) is 11.3 Å². The first-order valence-corrected chi connectivity index (χ1v) is 7.38. The number of nitrogens with one attached hydrogen (secondary N) is 2. The minimum atomic E-state index is 0. The van der Waals surface area contributed by atoms with Crippen molar-refractivity contribution in [1.82, 2.24) is 0 Å². The molecule has 1 aliphatic heterocycles. The van der Waals surface area contributed by atoms with Gasteiger partial charge in [-0.3, -0.25) is 4.79 Å². The molecule has 106 valence electrons. The SMILES string of the molecule is Cl.O=C(Cc1cccs1)Nc1ccc2c(c1)CCCN2. The van der Waals surface area contributed by atoms with Gasteiger partial charge in [0.2, 0.25) is 5.91 Å². The Labute approximate surface area is 128 Å². The number of anilines is 2. The van der Waals surface area contributed by atoms with Crippen molar-refractivity contribution in [3.63, 3.8) is 0 Å². The third kappa shape index (κ3) is 3.52. The van der Waals surface area contributed by atoms with Crippen molar-refractivity contribution >= 4 is 41.0 Å². The Balaban J connectivity index is 0.00000147. The van der Waals surface area contributed by atoms with Crippen LogP contribution in [0, 0.1) is 0 Å². The first-order valence-electron chi connectivity index (χ1n) is 6.50. The smallest absolute Gasteiger partial charge is 0.229 e. The Morgan fingerprint density at radius 1 is 1.35 bits per heavy atom. The van der Waals surface area contributed by atoms with Crippen LogP contribution >= 0.6 is 23.7 Å². The molecule has 2 aromatic rings. The zero-order valence-electron chi connectivity index (χ0n) is 11.0. The number of fused-ring (bicyclic) bond motifs is 1. The second-order valence-corrected chi connectivity index (χ2v) is 5.74. The van der Waals surface area contributed by atoms with Crippen LogP contribution < -0.4 is 10.6 Å². The minimum absolute atomic E-state index is 0. The maximum absolute atomic E-state index is 11.9. The number of aryl methyl sites for hydroxylation is 1. The van der Waals surface area contributed by atoms with Gasteiger partial charge < -0.3 is 10.6 Å². The Morgan fingerprint density at radius 2 is 2.25 bits per heavy atom. The lowest BCUT2D eigenvalue weighted by molar-refractivity contribution is -0.115. The van der Waals surface area contributed by atoms with Gasteiger partial charge >= 0.3 is 0 Å². The molecule has 1 aromatic carbocycles. The maximum Gasteiger partial charge on any atom is 0.229 e. The molecule has 3 nitrogen and oxygen atoms in total. The van der Waals surface area contributed by atoms with Crippen molar-refractivity contribution in [3.8, 4) is 0 Å². The number of hydrogen-bond donors (Lipinski definition) is 2. The summed E-state index contributed by atoms with van der Waals surface area (Å²) in [5, 5.41) is 8.33. The highest BCUT2D eigenvalue weighted by atomic mass is 35.5. The van der Waals surface area contributed by atoms with Crippen molar-refractivity contribution < 1.29 is 4.79 Å². The lowest BCUT2D eigenvalue weighted by Crippen LogP contribution is -2.15. The molecule has 2 heterocycles. The highest BCUT2D eigenvalue weighted by Crippen LogP contribution is 2.25. The van der Waals surface area contributed by atoms with Crippen LogP contribution in [0.2, 0.25) is 0 Å². The van der Waals surface area contributed by atoms with Crippen LogP contribution in [-0.2, 0) is 17.6 Å². The van der Waals surface area contributed by atoms with Gasteiger partial charge in [-0.2, -0.15) is 0 Å². The predicted molar refractivity (Wildman–Crippen MR) is 87.2 cm³/mol. The van der Waals surface area contributed by atoms with Gasteiger partial charge in [0, 0.05) is 22.8 Å². The molecule has 3 rings (SSSR count). The number of halogens is 1. The summed E-state index contributed by atoms with van der Waals surface area (Å²) in [6.45, 7) is 1.04. The highest BCUT2D eigenvalue weighted by Gasteiger charge is 2.10. The summed E-state index contributed by atoms with van der Waals surface area (Å²) in [5.74, 6) is 0.0474. The van der Waals surface area contributed by atoms with Gasteiger partial charge in [0.25, 0.3) is 0 Å². The van der Waals surface area contributed by atoms with Crippen LogP contribution in [0.15, 0.2) is 35.7 Å². The van der Waals surface area contributed by atoms with Gasteiger partial charge in [0.1, 0.15) is 0 Å². The standard InChI is InChI=1S/C15H16N2OS.ClH/c18-15(10-13-4-2-8-19-13)17-12-5-6-14-11(9-12)3-1-7-16-14;/h2,4-6,8-9,16H,1,3,7,10H2,(H,17,18);1H. The van der Waals surface area contributed by atoms with Gasteiger partial charge in [-0.25, -0.2) is 0 Å². The highest BCUT2D eigenvalue weighted by molar-refractivity contribution is 7.10. The molecule has 0 bridgehead atoms. The van der Waals surface area contributed by atoms with E-state index in [-0.39, 0.29) is 18.3 Å². The van der Waals surface area contributed by atoms with Crippen molar-refractivity contribution in [3.05, 3.63) is 46.2 Å². The van der Waals surface area contributed by atoms with E-state index in [0.29, 0.717) is 6.42 Å². The molecule has 0 unspecified atom stereocenters. The first-order chi connectivity index (χ1) is 9.31. The zero-order chi connectivity index (χ0) is 13.1. The summed E-state index contributed by atoms with van der Waals surface area (Å²) in [6.07, 6.45) is 2.68. The molecule has 0 saturated carbocycles. The third-order valence-electron chi connectivity index (χ3n) is 3.24. The molecule has 1 amide bonds. The molecule has 1 aliphatic rings.